The minimum Gasteiger partial charge on any atom is -0.474 e. The molecule has 0 N–H and O–H groups in total. The lowest BCUT2D eigenvalue weighted by atomic mass is 10.2. The fourth-order valence-electron chi connectivity index (χ4n) is 1.62. The van der Waals surface area contributed by atoms with Gasteiger partial charge in [-0.2, -0.15) is 0 Å². The predicted molar refractivity (Wildman–Crippen MR) is 84.8 cm³/mol. The van der Waals surface area contributed by atoms with E-state index in [1.165, 1.54) is 22.9 Å². The van der Waals surface area contributed by atoms with Gasteiger partial charge in [-0.1, -0.05) is 35.3 Å². The first kappa shape index (κ1) is 17.5. The molecule has 1 aliphatic rings. The molecule has 0 atom stereocenters. The highest BCUT2D eigenvalue weighted by molar-refractivity contribution is 6.53. The normalized spacial score (nSPS) is 15.2. The van der Waals surface area contributed by atoms with Crippen LogP contribution in [0.4, 0.5) is 0 Å². The number of alkyl halides is 2. The smallest absolute Gasteiger partial charge is 0.263 e. The fraction of sp³-hybridized carbons (Fsp3) is 0.333. The molecular formula is C15H18Cl2N2O2. The summed E-state index contributed by atoms with van der Waals surface area (Å²) >= 11 is 10.8. The van der Waals surface area contributed by atoms with Crippen molar-refractivity contribution < 1.29 is 9.53 Å². The first-order valence-corrected chi connectivity index (χ1v) is 7.21. The number of hydrogen-bond donors (Lipinski definition) is 0. The SMILES string of the molecule is C=CCc1cccnc1.CC1(C)OC=CN1C(=O)C(Cl)Cl. The van der Waals surface area contributed by atoms with Gasteiger partial charge in [-0.15, -0.1) is 6.58 Å². The van der Waals surface area contributed by atoms with Crippen molar-refractivity contribution in [3.63, 3.8) is 0 Å². The lowest BCUT2D eigenvalue weighted by Gasteiger charge is -2.29. The molecule has 0 bridgehead atoms. The zero-order chi connectivity index (χ0) is 15.9. The van der Waals surface area contributed by atoms with E-state index in [-0.39, 0.29) is 5.91 Å². The van der Waals surface area contributed by atoms with Crippen LogP contribution in [0.15, 0.2) is 49.6 Å². The van der Waals surface area contributed by atoms with Gasteiger partial charge < -0.3 is 4.74 Å². The summed E-state index contributed by atoms with van der Waals surface area (Å²) in [7, 11) is 0. The van der Waals surface area contributed by atoms with Crippen LogP contribution in [0.1, 0.15) is 19.4 Å². The molecule has 0 saturated carbocycles. The third-order valence-corrected chi connectivity index (χ3v) is 3.05. The molecule has 0 spiro atoms. The number of carbonyl (C=O) groups is 1. The third kappa shape index (κ3) is 5.40. The molecule has 0 aliphatic carbocycles. The summed E-state index contributed by atoms with van der Waals surface area (Å²) in [5.41, 5.74) is 0.534. The lowest BCUT2D eigenvalue weighted by Crippen LogP contribution is -2.44. The summed E-state index contributed by atoms with van der Waals surface area (Å²) in [5, 5.41) is 0. The van der Waals surface area contributed by atoms with E-state index in [0.29, 0.717) is 0 Å². The maximum absolute atomic E-state index is 11.3. The minimum absolute atomic E-state index is 0.378. The van der Waals surface area contributed by atoms with E-state index in [9.17, 15) is 4.79 Å². The van der Waals surface area contributed by atoms with E-state index < -0.39 is 10.6 Å². The molecule has 4 nitrogen and oxygen atoms in total. The van der Waals surface area contributed by atoms with Crippen LogP contribution in [0.2, 0.25) is 0 Å². The average molecular weight is 329 g/mol. The third-order valence-electron chi connectivity index (χ3n) is 2.67. The Morgan fingerprint density at radius 2 is 2.29 bits per heavy atom. The largest absolute Gasteiger partial charge is 0.474 e. The monoisotopic (exact) mass is 328 g/mol. The Bertz CT molecular complexity index is 502. The van der Waals surface area contributed by atoms with Gasteiger partial charge in [0.15, 0.2) is 10.6 Å². The van der Waals surface area contributed by atoms with Crippen LogP contribution in [0.5, 0.6) is 0 Å². The summed E-state index contributed by atoms with van der Waals surface area (Å²) in [6.45, 7) is 7.13. The summed E-state index contributed by atoms with van der Waals surface area (Å²) < 4.78 is 5.13. The molecule has 114 valence electrons. The summed E-state index contributed by atoms with van der Waals surface area (Å²) in [6, 6.07) is 3.97. The number of hydrogen-bond acceptors (Lipinski definition) is 3. The topological polar surface area (TPSA) is 42.4 Å². The molecule has 1 amide bonds. The maximum atomic E-state index is 11.3. The first-order chi connectivity index (χ1) is 9.88. The minimum atomic E-state index is -1.05. The number of amides is 1. The Balaban J connectivity index is 0.000000219. The number of rotatable bonds is 3. The highest BCUT2D eigenvalue weighted by Gasteiger charge is 2.36. The Morgan fingerprint density at radius 1 is 1.57 bits per heavy atom. The second-order valence-electron chi connectivity index (χ2n) is 4.71. The summed E-state index contributed by atoms with van der Waals surface area (Å²) in [5.74, 6) is -0.378. The van der Waals surface area contributed by atoms with Crippen molar-refractivity contribution in [3.05, 3.63) is 55.2 Å². The molecule has 0 radical (unpaired) electrons. The molecule has 0 saturated heterocycles. The van der Waals surface area contributed by atoms with E-state index in [4.69, 9.17) is 27.9 Å². The Hall–Kier alpha value is -1.52. The predicted octanol–water partition coefficient (Wildman–Crippen LogP) is 3.67. The van der Waals surface area contributed by atoms with Gasteiger partial charge in [-0.25, -0.2) is 0 Å². The van der Waals surface area contributed by atoms with Crippen molar-refractivity contribution in [1.29, 1.82) is 0 Å². The lowest BCUT2D eigenvalue weighted by molar-refractivity contribution is -0.139. The molecular weight excluding hydrogens is 311 g/mol. The summed E-state index contributed by atoms with van der Waals surface area (Å²) in [4.78, 5) is 15.6. The van der Waals surface area contributed by atoms with Crippen LogP contribution in [-0.4, -0.2) is 26.4 Å². The van der Waals surface area contributed by atoms with Crippen molar-refractivity contribution in [1.82, 2.24) is 9.88 Å². The second-order valence-corrected chi connectivity index (χ2v) is 5.81. The standard InChI is InChI=1S/C8H9N.C7H9Cl2NO2/c1-2-4-8-5-3-6-9-7-8;1-7(2)10(3-4-12-7)6(11)5(8)9/h2-3,5-7H,1,4H2;3-5H,1-2H3. The quantitative estimate of drug-likeness (QED) is 0.628. The highest BCUT2D eigenvalue weighted by Crippen LogP contribution is 2.25. The number of carbonyl (C=O) groups excluding carboxylic acids is 1. The molecule has 1 aromatic heterocycles. The zero-order valence-corrected chi connectivity index (χ0v) is 13.5. The van der Waals surface area contributed by atoms with E-state index in [1.807, 2.05) is 24.4 Å². The number of allylic oxidation sites excluding steroid dienone is 1. The van der Waals surface area contributed by atoms with Crippen LogP contribution in [0.3, 0.4) is 0 Å². The molecule has 21 heavy (non-hydrogen) atoms. The molecule has 0 aromatic carbocycles. The van der Waals surface area contributed by atoms with Gasteiger partial charge in [0.1, 0.15) is 6.26 Å². The van der Waals surface area contributed by atoms with E-state index in [1.54, 1.807) is 20.0 Å². The summed E-state index contributed by atoms with van der Waals surface area (Å²) in [6.07, 6.45) is 9.35. The van der Waals surface area contributed by atoms with Gasteiger partial charge in [0.2, 0.25) is 0 Å². The maximum Gasteiger partial charge on any atom is 0.263 e. The number of nitrogens with zero attached hydrogens (tertiary/aromatic N) is 2. The molecule has 1 aliphatic heterocycles. The molecule has 6 heteroatoms. The Morgan fingerprint density at radius 3 is 2.71 bits per heavy atom. The molecule has 1 aromatic rings. The van der Waals surface area contributed by atoms with E-state index >= 15 is 0 Å². The Labute approximate surface area is 135 Å². The van der Waals surface area contributed by atoms with Crippen molar-refractivity contribution in [2.45, 2.75) is 30.8 Å². The van der Waals surface area contributed by atoms with Gasteiger partial charge in [-0.3, -0.25) is 14.7 Å². The molecule has 2 heterocycles. The van der Waals surface area contributed by atoms with Crippen LogP contribution >= 0.6 is 23.2 Å². The average Bonchev–Trinajstić information content (AvgIpc) is 2.79. The Kier molecular flexibility index (Phi) is 6.72. The number of halogens is 2. The second kappa shape index (κ2) is 8.05. The zero-order valence-electron chi connectivity index (χ0n) is 12.0. The first-order valence-electron chi connectivity index (χ1n) is 6.34. The molecule has 0 unspecified atom stereocenters. The van der Waals surface area contributed by atoms with E-state index in [0.717, 1.165) is 6.42 Å². The van der Waals surface area contributed by atoms with Gasteiger partial charge in [0, 0.05) is 18.6 Å². The number of ether oxygens (including phenoxy) is 1. The van der Waals surface area contributed by atoms with Crippen LogP contribution in [-0.2, 0) is 16.0 Å². The highest BCUT2D eigenvalue weighted by atomic mass is 35.5. The van der Waals surface area contributed by atoms with Gasteiger partial charge in [0.25, 0.3) is 5.91 Å². The fourth-order valence-corrected chi connectivity index (χ4v) is 1.83. The van der Waals surface area contributed by atoms with Gasteiger partial charge >= 0.3 is 0 Å². The van der Waals surface area contributed by atoms with Gasteiger partial charge in [-0.05, 0) is 31.9 Å². The molecule has 0 fully saturated rings. The number of pyridine rings is 1. The van der Waals surface area contributed by atoms with Crippen molar-refractivity contribution in [3.8, 4) is 0 Å². The van der Waals surface area contributed by atoms with Crippen molar-refractivity contribution in [2.75, 3.05) is 0 Å². The van der Waals surface area contributed by atoms with Crippen LogP contribution in [0, 0.1) is 0 Å². The number of aromatic nitrogens is 1. The van der Waals surface area contributed by atoms with Crippen molar-refractivity contribution >= 4 is 29.1 Å². The van der Waals surface area contributed by atoms with Gasteiger partial charge in [0.05, 0.1) is 0 Å². The van der Waals surface area contributed by atoms with Crippen molar-refractivity contribution in [2.24, 2.45) is 0 Å². The van der Waals surface area contributed by atoms with E-state index in [2.05, 4.69) is 11.6 Å². The molecule has 2 rings (SSSR count). The van der Waals surface area contributed by atoms with Crippen LogP contribution < -0.4 is 0 Å². The van der Waals surface area contributed by atoms with Crippen LogP contribution in [0.25, 0.3) is 0 Å².